The zero-order valence-electron chi connectivity index (χ0n) is 19.6. The summed E-state index contributed by atoms with van der Waals surface area (Å²) in [6, 6.07) is 9.26. The minimum atomic E-state index is -4.40. The van der Waals surface area contributed by atoms with Crippen molar-refractivity contribution in [3.8, 4) is 11.3 Å². The SMILES string of the molecule is CC/C=C(/CN1CCOCC1)N1C=C(c2cccnc2-c2cccc(C(F)(F)F)c2)C=CC1C. The molecule has 2 aliphatic rings. The molecule has 0 amide bonds. The van der Waals surface area contributed by atoms with Gasteiger partial charge in [-0.1, -0.05) is 43.4 Å². The van der Waals surface area contributed by atoms with Gasteiger partial charge in [-0.25, -0.2) is 0 Å². The first-order valence-corrected chi connectivity index (χ1v) is 11.7. The van der Waals surface area contributed by atoms with Crippen molar-refractivity contribution in [2.24, 2.45) is 0 Å². The number of morpholine rings is 1. The molecule has 0 spiro atoms. The number of pyridine rings is 1. The summed E-state index contributed by atoms with van der Waals surface area (Å²) < 4.78 is 45.4. The van der Waals surface area contributed by atoms with Crippen molar-refractivity contribution < 1.29 is 17.9 Å². The third-order valence-electron chi connectivity index (χ3n) is 6.11. The maximum absolute atomic E-state index is 13.3. The molecule has 0 aliphatic carbocycles. The summed E-state index contributed by atoms with van der Waals surface area (Å²) >= 11 is 0. The fourth-order valence-corrected chi connectivity index (χ4v) is 4.34. The van der Waals surface area contributed by atoms with Crippen molar-refractivity contribution >= 4 is 5.57 Å². The predicted molar refractivity (Wildman–Crippen MR) is 129 cm³/mol. The molecule has 0 saturated carbocycles. The molecule has 1 fully saturated rings. The Morgan fingerprint density at radius 1 is 1.18 bits per heavy atom. The van der Waals surface area contributed by atoms with Crippen molar-refractivity contribution in [3.05, 3.63) is 83.8 Å². The molecule has 2 aliphatic heterocycles. The van der Waals surface area contributed by atoms with Gasteiger partial charge in [-0.2, -0.15) is 13.2 Å². The quantitative estimate of drug-likeness (QED) is 0.519. The highest BCUT2D eigenvalue weighted by atomic mass is 19.4. The molecule has 1 atom stereocenters. The molecule has 34 heavy (non-hydrogen) atoms. The van der Waals surface area contributed by atoms with Gasteiger partial charge < -0.3 is 9.64 Å². The van der Waals surface area contributed by atoms with E-state index in [4.69, 9.17) is 4.74 Å². The van der Waals surface area contributed by atoms with E-state index in [2.05, 4.69) is 47.0 Å². The number of halogens is 3. The van der Waals surface area contributed by atoms with E-state index in [9.17, 15) is 13.2 Å². The van der Waals surface area contributed by atoms with Crippen molar-refractivity contribution in [2.75, 3.05) is 32.8 Å². The van der Waals surface area contributed by atoms with Gasteiger partial charge >= 0.3 is 6.18 Å². The molecule has 2 aromatic rings. The van der Waals surface area contributed by atoms with Crippen LogP contribution in [0.3, 0.4) is 0 Å². The molecule has 1 saturated heterocycles. The molecule has 7 heteroatoms. The topological polar surface area (TPSA) is 28.6 Å². The summed E-state index contributed by atoms with van der Waals surface area (Å²) in [6.45, 7) is 8.38. The van der Waals surface area contributed by atoms with Crippen LogP contribution >= 0.6 is 0 Å². The van der Waals surface area contributed by atoms with Crippen LogP contribution in [0.4, 0.5) is 13.2 Å². The average molecular weight is 470 g/mol. The van der Waals surface area contributed by atoms with E-state index < -0.39 is 11.7 Å². The van der Waals surface area contributed by atoms with Crippen LogP contribution < -0.4 is 0 Å². The minimum absolute atomic E-state index is 0.163. The van der Waals surface area contributed by atoms with Gasteiger partial charge in [0, 0.05) is 54.9 Å². The first-order chi connectivity index (χ1) is 16.4. The molecule has 0 N–H and O–H groups in total. The Balaban J connectivity index is 1.69. The van der Waals surface area contributed by atoms with Gasteiger partial charge in [-0.3, -0.25) is 9.88 Å². The van der Waals surface area contributed by atoms with E-state index in [0.717, 1.165) is 56.5 Å². The normalized spacial score (nSPS) is 19.9. The predicted octanol–water partition coefficient (Wildman–Crippen LogP) is 5.99. The molecule has 0 bridgehead atoms. The van der Waals surface area contributed by atoms with E-state index in [1.807, 2.05) is 18.2 Å². The molecular weight excluding hydrogens is 439 g/mol. The van der Waals surface area contributed by atoms with Crippen LogP contribution in [0.1, 0.15) is 31.4 Å². The second-order valence-corrected chi connectivity index (χ2v) is 8.56. The van der Waals surface area contributed by atoms with Crippen molar-refractivity contribution in [3.63, 3.8) is 0 Å². The van der Waals surface area contributed by atoms with Crippen LogP contribution in [0.15, 0.2) is 72.7 Å². The molecule has 4 rings (SSSR count). The largest absolute Gasteiger partial charge is 0.416 e. The highest BCUT2D eigenvalue weighted by molar-refractivity contribution is 5.84. The van der Waals surface area contributed by atoms with Crippen LogP contribution in [-0.4, -0.2) is 53.7 Å². The molecule has 1 aromatic heterocycles. The Morgan fingerprint density at radius 3 is 2.71 bits per heavy atom. The number of rotatable bonds is 6. The van der Waals surface area contributed by atoms with Gasteiger partial charge in [0.1, 0.15) is 0 Å². The first-order valence-electron chi connectivity index (χ1n) is 11.7. The number of hydrogen-bond acceptors (Lipinski definition) is 4. The Hall–Kier alpha value is -2.90. The van der Waals surface area contributed by atoms with E-state index in [0.29, 0.717) is 11.3 Å². The molecule has 1 unspecified atom stereocenters. The highest BCUT2D eigenvalue weighted by Gasteiger charge is 2.31. The van der Waals surface area contributed by atoms with Crippen molar-refractivity contribution in [1.29, 1.82) is 0 Å². The van der Waals surface area contributed by atoms with E-state index in [1.54, 1.807) is 12.3 Å². The summed E-state index contributed by atoms with van der Waals surface area (Å²) in [7, 11) is 0. The summed E-state index contributed by atoms with van der Waals surface area (Å²) in [4.78, 5) is 9.12. The lowest BCUT2D eigenvalue weighted by Gasteiger charge is -2.36. The van der Waals surface area contributed by atoms with Gasteiger partial charge in [0.2, 0.25) is 0 Å². The smallest absolute Gasteiger partial charge is 0.379 e. The average Bonchev–Trinajstić information content (AvgIpc) is 2.84. The number of benzene rings is 1. The first kappa shape index (κ1) is 24.2. The lowest BCUT2D eigenvalue weighted by atomic mass is 9.96. The fraction of sp³-hybridized carbons (Fsp3) is 0.370. The second kappa shape index (κ2) is 10.6. The van der Waals surface area contributed by atoms with E-state index in [1.165, 1.54) is 17.8 Å². The van der Waals surface area contributed by atoms with Gasteiger partial charge in [0.15, 0.2) is 0 Å². The number of alkyl halides is 3. The van der Waals surface area contributed by atoms with Gasteiger partial charge in [0.05, 0.1) is 24.5 Å². The van der Waals surface area contributed by atoms with Gasteiger partial charge in [-0.15, -0.1) is 0 Å². The highest BCUT2D eigenvalue weighted by Crippen LogP contribution is 2.35. The van der Waals surface area contributed by atoms with E-state index >= 15 is 0 Å². The van der Waals surface area contributed by atoms with Crippen LogP contribution in [0, 0.1) is 0 Å². The molecular formula is C27H30F3N3O. The lowest BCUT2D eigenvalue weighted by molar-refractivity contribution is -0.137. The number of aromatic nitrogens is 1. The van der Waals surface area contributed by atoms with Crippen LogP contribution in [0.2, 0.25) is 0 Å². The fourth-order valence-electron chi connectivity index (χ4n) is 4.34. The molecule has 4 nitrogen and oxygen atoms in total. The number of allylic oxidation sites excluding steroid dienone is 3. The van der Waals surface area contributed by atoms with Crippen LogP contribution in [0.25, 0.3) is 16.8 Å². The lowest BCUT2D eigenvalue weighted by Crippen LogP contribution is -2.41. The summed E-state index contributed by atoms with van der Waals surface area (Å²) in [5.41, 5.74) is 3.24. The van der Waals surface area contributed by atoms with Gasteiger partial charge in [0.25, 0.3) is 0 Å². The van der Waals surface area contributed by atoms with Gasteiger partial charge in [-0.05, 0) is 37.1 Å². The molecule has 180 valence electrons. The maximum Gasteiger partial charge on any atom is 0.416 e. The number of nitrogens with zero attached hydrogens (tertiary/aromatic N) is 3. The second-order valence-electron chi connectivity index (χ2n) is 8.56. The molecule has 1 aromatic carbocycles. The van der Waals surface area contributed by atoms with E-state index in [-0.39, 0.29) is 6.04 Å². The Labute approximate surface area is 199 Å². The minimum Gasteiger partial charge on any atom is -0.379 e. The van der Waals surface area contributed by atoms with Crippen molar-refractivity contribution in [1.82, 2.24) is 14.8 Å². The summed E-state index contributed by atoms with van der Waals surface area (Å²) in [6.07, 6.45) is 6.64. The molecule has 3 heterocycles. The number of hydrogen-bond donors (Lipinski definition) is 0. The Bertz CT molecular complexity index is 1080. The van der Waals surface area contributed by atoms with Crippen LogP contribution in [0.5, 0.6) is 0 Å². The summed E-state index contributed by atoms with van der Waals surface area (Å²) in [5, 5.41) is 0. The Kier molecular flexibility index (Phi) is 7.54. The Morgan fingerprint density at radius 2 is 1.97 bits per heavy atom. The van der Waals surface area contributed by atoms with Crippen molar-refractivity contribution in [2.45, 2.75) is 32.5 Å². The zero-order chi connectivity index (χ0) is 24.1. The zero-order valence-corrected chi connectivity index (χ0v) is 19.6. The third-order valence-corrected chi connectivity index (χ3v) is 6.11. The maximum atomic E-state index is 13.3. The van der Waals surface area contributed by atoms with Crippen LogP contribution in [-0.2, 0) is 10.9 Å². The standard InChI is InChI=1S/C27H30F3N3O/c1-3-6-24(19-32-13-15-34-16-14-32)33-18-22(11-10-20(33)2)25-9-5-12-31-26(25)21-7-4-8-23(17-21)27(28,29)30/h4-12,17-18,20H,3,13-16,19H2,1-2H3/b24-6-. The summed E-state index contributed by atoms with van der Waals surface area (Å²) in [5.74, 6) is 0. The molecule has 0 radical (unpaired) electrons. The third kappa shape index (κ3) is 5.59. The number of ether oxygens (including phenoxy) is 1. The monoisotopic (exact) mass is 469 g/mol.